The van der Waals surface area contributed by atoms with E-state index in [-0.39, 0.29) is 0 Å². The second kappa shape index (κ2) is 4.91. The van der Waals surface area contributed by atoms with Crippen LogP contribution in [-0.2, 0) is 7.05 Å². The molecule has 0 amide bonds. The minimum atomic E-state index is -0.705. The van der Waals surface area contributed by atoms with E-state index in [4.69, 9.17) is 0 Å². The summed E-state index contributed by atoms with van der Waals surface area (Å²) in [6, 6.07) is 6.86. The molecule has 0 N–H and O–H groups in total. The van der Waals surface area contributed by atoms with Gasteiger partial charge < -0.3 is 4.90 Å². The number of rotatable bonds is 4. The van der Waals surface area contributed by atoms with Crippen molar-refractivity contribution in [2.45, 2.75) is 6.04 Å². The van der Waals surface area contributed by atoms with Crippen molar-refractivity contribution >= 4 is 5.69 Å². The van der Waals surface area contributed by atoms with Gasteiger partial charge in [0.1, 0.15) is 0 Å². The summed E-state index contributed by atoms with van der Waals surface area (Å²) in [5.74, 6) is 0.430. The highest BCUT2D eigenvalue weighted by atomic mass is 16.3. The molecule has 0 saturated heterocycles. The highest BCUT2D eigenvalue weighted by Crippen LogP contribution is 2.30. The van der Waals surface area contributed by atoms with E-state index in [1.807, 2.05) is 43.3 Å². The molecular weight excluding hydrogens is 232 g/mol. The highest BCUT2D eigenvalue weighted by Gasteiger charge is 2.23. The monoisotopic (exact) mass is 246 g/mol. The molecular formula is C11H14N6O. The quantitative estimate of drug-likeness (QED) is 0.756. The van der Waals surface area contributed by atoms with Gasteiger partial charge in [-0.2, -0.15) is 0 Å². The maximum absolute atomic E-state index is 11.2. The van der Waals surface area contributed by atoms with Gasteiger partial charge in [0.25, 0.3) is 0 Å². The minimum absolute atomic E-state index is 0.430. The summed E-state index contributed by atoms with van der Waals surface area (Å²) >= 11 is 0. The van der Waals surface area contributed by atoms with Gasteiger partial charge in [0.15, 0.2) is 11.9 Å². The Morgan fingerprint density at radius 3 is 2.61 bits per heavy atom. The van der Waals surface area contributed by atoms with E-state index in [2.05, 4.69) is 20.7 Å². The lowest BCUT2D eigenvalue weighted by molar-refractivity contribution is 0.647. The number of nitroso groups, excluding NO2 is 1. The fourth-order valence-electron chi connectivity index (χ4n) is 1.84. The van der Waals surface area contributed by atoms with Crippen molar-refractivity contribution in [2.24, 2.45) is 12.2 Å². The van der Waals surface area contributed by atoms with Crippen LogP contribution in [0.25, 0.3) is 0 Å². The van der Waals surface area contributed by atoms with E-state index in [9.17, 15) is 4.91 Å². The van der Waals surface area contributed by atoms with Gasteiger partial charge in [0.05, 0.1) is 0 Å². The van der Waals surface area contributed by atoms with Crippen molar-refractivity contribution in [1.82, 2.24) is 20.2 Å². The molecule has 1 heterocycles. The first-order valence-corrected chi connectivity index (χ1v) is 5.46. The molecule has 0 saturated carbocycles. The van der Waals surface area contributed by atoms with E-state index in [0.29, 0.717) is 5.82 Å². The number of hydrogen-bond donors (Lipinski definition) is 0. The Bertz CT molecular complexity index is 550. The fourth-order valence-corrected chi connectivity index (χ4v) is 1.84. The molecule has 0 fully saturated rings. The van der Waals surface area contributed by atoms with Gasteiger partial charge in [-0.05, 0) is 16.5 Å². The van der Waals surface area contributed by atoms with Crippen molar-refractivity contribution in [2.75, 3.05) is 19.0 Å². The molecule has 18 heavy (non-hydrogen) atoms. The molecule has 1 atom stereocenters. The Hall–Kier alpha value is -2.31. The summed E-state index contributed by atoms with van der Waals surface area (Å²) in [6.07, 6.45) is 0. The Kier molecular flexibility index (Phi) is 3.31. The number of benzene rings is 1. The lowest BCUT2D eigenvalue weighted by Gasteiger charge is -2.19. The van der Waals surface area contributed by atoms with Gasteiger partial charge in [0.2, 0.25) is 0 Å². The lowest BCUT2D eigenvalue weighted by atomic mass is 10.0. The largest absolute Gasteiger partial charge is 0.377 e. The Morgan fingerprint density at radius 2 is 2.06 bits per heavy atom. The van der Waals surface area contributed by atoms with Crippen molar-refractivity contribution in [3.05, 3.63) is 40.6 Å². The van der Waals surface area contributed by atoms with Crippen molar-refractivity contribution < 1.29 is 0 Å². The third-order valence-electron chi connectivity index (χ3n) is 2.72. The molecule has 0 aliphatic carbocycles. The number of aryl methyl sites for hydroxylation is 1. The van der Waals surface area contributed by atoms with Crippen LogP contribution in [0.3, 0.4) is 0 Å². The maximum atomic E-state index is 11.2. The number of nitrogens with zero attached hydrogens (tertiary/aromatic N) is 6. The normalized spacial score (nSPS) is 12.2. The molecule has 0 bridgehead atoms. The van der Waals surface area contributed by atoms with Crippen LogP contribution in [0.2, 0.25) is 0 Å². The van der Waals surface area contributed by atoms with E-state index >= 15 is 0 Å². The van der Waals surface area contributed by atoms with E-state index < -0.39 is 6.04 Å². The van der Waals surface area contributed by atoms with Crippen LogP contribution < -0.4 is 4.90 Å². The first-order valence-electron chi connectivity index (χ1n) is 5.46. The zero-order chi connectivity index (χ0) is 13.1. The summed E-state index contributed by atoms with van der Waals surface area (Å²) < 4.78 is 1.46. The molecule has 0 aliphatic rings. The smallest absolute Gasteiger partial charge is 0.184 e. The van der Waals surface area contributed by atoms with Crippen molar-refractivity contribution in [3.63, 3.8) is 0 Å². The fraction of sp³-hybridized carbons (Fsp3) is 0.364. The van der Waals surface area contributed by atoms with Gasteiger partial charge >= 0.3 is 0 Å². The second-order valence-corrected chi connectivity index (χ2v) is 4.12. The van der Waals surface area contributed by atoms with Crippen molar-refractivity contribution in [3.8, 4) is 0 Å². The number of hydrogen-bond acceptors (Lipinski definition) is 6. The SMILES string of the molecule is CN(C)c1ccccc1C(N=O)c1nnnn1C. The van der Waals surface area contributed by atoms with Gasteiger partial charge in [-0.25, -0.2) is 4.68 Å². The zero-order valence-corrected chi connectivity index (χ0v) is 10.5. The van der Waals surface area contributed by atoms with Crippen LogP contribution in [0.5, 0.6) is 0 Å². The molecule has 7 heteroatoms. The lowest BCUT2D eigenvalue weighted by Crippen LogP contribution is -2.14. The Balaban J connectivity index is 2.52. The maximum Gasteiger partial charge on any atom is 0.184 e. The predicted molar refractivity (Wildman–Crippen MR) is 67.2 cm³/mol. The third-order valence-corrected chi connectivity index (χ3v) is 2.72. The first-order chi connectivity index (χ1) is 8.65. The molecule has 2 rings (SSSR count). The number of para-hydroxylation sites is 1. The molecule has 0 radical (unpaired) electrons. The van der Waals surface area contributed by atoms with Crippen LogP contribution >= 0.6 is 0 Å². The molecule has 1 aromatic carbocycles. The van der Waals surface area contributed by atoms with Crippen molar-refractivity contribution in [1.29, 1.82) is 0 Å². The van der Waals surface area contributed by atoms with Gasteiger partial charge in [-0.3, -0.25) is 0 Å². The first kappa shape index (κ1) is 12.2. The standard InChI is InChI=1S/C11H14N6O/c1-16(2)9-7-5-4-6-8(9)10(13-18)11-12-14-15-17(11)3/h4-7,10H,1-3H3. The molecule has 94 valence electrons. The highest BCUT2D eigenvalue weighted by molar-refractivity contribution is 5.55. The molecule has 0 spiro atoms. The van der Waals surface area contributed by atoms with Gasteiger partial charge in [-0.1, -0.05) is 23.4 Å². The third kappa shape index (κ3) is 2.06. The summed E-state index contributed by atoms with van der Waals surface area (Å²) in [5.41, 5.74) is 1.71. The zero-order valence-electron chi connectivity index (χ0n) is 10.5. The predicted octanol–water partition coefficient (Wildman–Crippen LogP) is 1.13. The van der Waals surface area contributed by atoms with E-state index in [1.54, 1.807) is 7.05 Å². The van der Waals surface area contributed by atoms with E-state index in [0.717, 1.165) is 11.3 Å². The molecule has 1 unspecified atom stereocenters. The topological polar surface area (TPSA) is 76.3 Å². The average Bonchev–Trinajstić information content (AvgIpc) is 2.77. The second-order valence-electron chi connectivity index (χ2n) is 4.12. The minimum Gasteiger partial charge on any atom is -0.377 e. The van der Waals surface area contributed by atoms with Crippen LogP contribution in [0.1, 0.15) is 17.4 Å². The summed E-state index contributed by atoms with van der Waals surface area (Å²) in [6.45, 7) is 0. The van der Waals surface area contributed by atoms with Crippen LogP contribution in [0, 0.1) is 4.91 Å². The number of tetrazole rings is 1. The molecule has 2 aromatic rings. The summed E-state index contributed by atoms with van der Waals surface area (Å²) in [5, 5.41) is 14.3. The average molecular weight is 246 g/mol. The summed E-state index contributed by atoms with van der Waals surface area (Å²) in [7, 11) is 5.51. The van der Waals surface area contributed by atoms with Crippen LogP contribution in [0.4, 0.5) is 5.69 Å². The van der Waals surface area contributed by atoms with Gasteiger partial charge in [0, 0.05) is 32.4 Å². The van der Waals surface area contributed by atoms with E-state index in [1.165, 1.54) is 4.68 Å². The number of anilines is 1. The van der Waals surface area contributed by atoms with Gasteiger partial charge in [-0.15, -0.1) is 10.0 Å². The van der Waals surface area contributed by atoms with Crippen LogP contribution in [0.15, 0.2) is 29.4 Å². The molecule has 7 nitrogen and oxygen atoms in total. The Labute approximate surface area is 104 Å². The number of aromatic nitrogens is 4. The summed E-state index contributed by atoms with van der Waals surface area (Å²) in [4.78, 5) is 13.1. The molecule has 1 aromatic heterocycles. The Morgan fingerprint density at radius 1 is 1.33 bits per heavy atom. The molecule has 0 aliphatic heterocycles. The van der Waals surface area contributed by atoms with Crippen LogP contribution in [-0.4, -0.2) is 34.3 Å².